The Hall–Kier alpha value is -2.04. The number of amides is 3. The number of piperidine rings is 1. The highest BCUT2D eigenvalue weighted by Gasteiger charge is 2.27. The van der Waals surface area contributed by atoms with Crippen LogP contribution in [0.1, 0.15) is 26.7 Å². The van der Waals surface area contributed by atoms with Gasteiger partial charge in [-0.15, -0.1) is 0 Å². The van der Waals surface area contributed by atoms with Gasteiger partial charge in [0, 0.05) is 30.7 Å². The highest BCUT2D eigenvalue weighted by molar-refractivity contribution is 5.89. The van der Waals surface area contributed by atoms with Crippen molar-refractivity contribution in [3.05, 3.63) is 30.3 Å². The average Bonchev–Trinajstić information content (AvgIpc) is 2.47. The summed E-state index contributed by atoms with van der Waals surface area (Å²) in [5.74, 6) is 0.126. The Bertz CT molecular complexity index is 480. The molecule has 1 fully saturated rings. The number of likely N-dealkylation sites (tertiary alicyclic amines) is 1. The molecule has 0 unspecified atom stereocenters. The lowest BCUT2D eigenvalue weighted by molar-refractivity contribution is -0.126. The molecular weight excluding hydrogens is 266 g/mol. The van der Waals surface area contributed by atoms with Gasteiger partial charge >= 0.3 is 6.03 Å². The minimum Gasteiger partial charge on any atom is -0.354 e. The third kappa shape index (κ3) is 4.48. The second-order valence-corrected chi connectivity index (χ2v) is 5.72. The molecule has 0 atom stereocenters. The van der Waals surface area contributed by atoms with Gasteiger partial charge in [0.1, 0.15) is 0 Å². The van der Waals surface area contributed by atoms with E-state index < -0.39 is 0 Å². The van der Waals surface area contributed by atoms with Crippen LogP contribution < -0.4 is 10.6 Å². The van der Waals surface area contributed by atoms with E-state index in [4.69, 9.17) is 0 Å². The van der Waals surface area contributed by atoms with Crippen molar-refractivity contribution < 1.29 is 9.59 Å². The van der Waals surface area contributed by atoms with E-state index in [-0.39, 0.29) is 23.9 Å². The molecule has 1 heterocycles. The van der Waals surface area contributed by atoms with Crippen LogP contribution in [0.4, 0.5) is 10.5 Å². The first-order valence-corrected chi connectivity index (χ1v) is 7.47. The molecule has 2 rings (SSSR count). The molecule has 1 saturated heterocycles. The maximum atomic E-state index is 12.1. The molecule has 5 nitrogen and oxygen atoms in total. The van der Waals surface area contributed by atoms with Crippen LogP contribution in [0.25, 0.3) is 0 Å². The second-order valence-electron chi connectivity index (χ2n) is 5.72. The zero-order valence-electron chi connectivity index (χ0n) is 12.6. The number of hydrogen-bond acceptors (Lipinski definition) is 2. The third-order valence-corrected chi connectivity index (χ3v) is 3.61. The lowest BCUT2D eigenvalue weighted by Gasteiger charge is -2.31. The molecule has 1 aromatic carbocycles. The van der Waals surface area contributed by atoms with E-state index in [0.29, 0.717) is 13.1 Å². The van der Waals surface area contributed by atoms with Crippen LogP contribution in [0.5, 0.6) is 0 Å². The predicted octanol–water partition coefficient (Wildman–Crippen LogP) is 2.46. The number of benzene rings is 1. The smallest absolute Gasteiger partial charge is 0.321 e. The summed E-state index contributed by atoms with van der Waals surface area (Å²) in [6, 6.07) is 9.48. The molecule has 0 spiro atoms. The number of urea groups is 1. The molecule has 0 saturated carbocycles. The lowest BCUT2D eigenvalue weighted by atomic mass is 9.96. The van der Waals surface area contributed by atoms with Crippen LogP contribution in [-0.2, 0) is 4.79 Å². The van der Waals surface area contributed by atoms with Gasteiger partial charge < -0.3 is 15.5 Å². The van der Waals surface area contributed by atoms with Crippen LogP contribution >= 0.6 is 0 Å². The van der Waals surface area contributed by atoms with E-state index in [9.17, 15) is 9.59 Å². The fourth-order valence-electron chi connectivity index (χ4n) is 2.47. The summed E-state index contributed by atoms with van der Waals surface area (Å²) in [6.07, 6.45) is 1.45. The van der Waals surface area contributed by atoms with E-state index in [1.165, 1.54) is 0 Å². The summed E-state index contributed by atoms with van der Waals surface area (Å²) in [5.41, 5.74) is 0.794. The molecule has 0 aromatic heterocycles. The Morgan fingerprint density at radius 2 is 1.76 bits per heavy atom. The van der Waals surface area contributed by atoms with Gasteiger partial charge in [0.05, 0.1) is 0 Å². The Morgan fingerprint density at radius 3 is 2.33 bits per heavy atom. The second kappa shape index (κ2) is 7.11. The van der Waals surface area contributed by atoms with Crippen molar-refractivity contribution >= 4 is 17.6 Å². The summed E-state index contributed by atoms with van der Waals surface area (Å²) in [6.45, 7) is 5.16. The minimum atomic E-state index is -0.0936. The van der Waals surface area contributed by atoms with E-state index in [1.54, 1.807) is 4.90 Å². The molecule has 3 amide bonds. The van der Waals surface area contributed by atoms with Crippen molar-refractivity contribution in [3.63, 3.8) is 0 Å². The van der Waals surface area contributed by atoms with Crippen LogP contribution in [0, 0.1) is 5.92 Å². The highest BCUT2D eigenvalue weighted by Crippen LogP contribution is 2.18. The highest BCUT2D eigenvalue weighted by atomic mass is 16.2. The van der Waals surface area contributed by atoms with Crippen molar-refractivity contribution in [1.82, 2.24) is 10.2 Å². The normalized spacial score (nSPS) is 15.9. The van der Waals surface area contributed by atoms with Crippen molar-refractivity contribution in [2.75, 3.05) is 18.4 Å². The number of hydrogen-bond donors (Lipinski definition) is 2. The maximum Gasteiger partial charge on any atom is 0.321 e. The van der Waals surface area contributed by atoms with Gasteiger partial charge in [-0.05, 0) is 38.8 Å². The predicted molar refractivity (Wildman–Crippen MR) is 83.0 cm³/mol. The van der Waals surface area contributed by atoms with E-state index in [2.05, 4.69) is 10.6 Å². The van der Waals surface area contributed by atoms with E-state index >= 15 is 0 Å². The van der Waals surface area contributed by atoms with Crippen molar-refractivity contribution in [1.29, 1.82) is 0 Å². The fraction of sp³-hybridized carbons (Fsp3) is 0.500. The first-order chi connectivity index (χ1) is 10.1. The minimum absolute atomic E-state index is 0.0215. The van der Waals surface area contributed by atoms with Crippen molar-refractivity contribution in [3.8, 4) is 0 Å². The Balaban J connectivity index is 1.81. The summed E-state index contributed by atoms with van der Waals surface area (Å²) >= 11 is 0. The zero-order valence-corrected chi connectivity index (χ0v) is 12.6. The Labute approximate surface area is 125 Å². The van der Waals surface area contributed by atoms with Crippen LogP contribution in [0.3, 0.4) is 0 Å². The number of para-hydroxylation sites is 1. The largest absolute Gasteiger partial charge is 0.354 e. The molecule has 1 aliphatic rings. The monoisotopic (exact) mass is 289 g/mol. The van der Waals surface area contributed by atoms with Crippen LogP contribution in [0.15, 0.2) is 30.3 Å². The SMILES string of the molecule is CC(C)NC(=O)C1CCN(C(=O)Nc2ccccc2)CC1. The van der Waals surface area contributed by atoms with Crippen molar-refractivity contribution in [2.45, 2.75) is 32.7 Å². The number of carbonyl (C=O) groups excluding carboxylic acids is 2. The zero-order chi connectivity index (χ0) is 15.2. The number of anilines is 1. The molecule has 0 radical (unpaired) electrons. The third-order valence-electron chi connectivity index (χ3n) is 3.61. The molecule has 1 aromatic rings. The number of carbonyl (C=O) groups is 2. The van der Waals surface area contributed by atoms with Gasteiger partial charge in [0.25, 0.3) is 0 Å². The Morgan fingerprint density at radius 1 is 1.14 bits per heavy atom. The van der Waals surface area contributed by atoms with Gasteiger partial charge in [-0.2, -0.15) is 0 Å². The Kier molecular flexibility index (Phi) is 5.20. The number of nitrogens with one attached hydrogen (secondary N) is 2. The molecule has 21 heavy (non-hydrogen) atoms. The summed E-state index contributed by atoms with van der Waals surface area (Å²) in [4.78, 5) is 25.9. The van der Waals surface area contributed by atoms with Gasteiger partial charge in [-0.25, -0.2) is 4.79 Å². The number of nitrogens with zero attached hydrogens (tertiary/aromatic N) is 1. The molecule has 2 N–H and O–H groups in total. The molecule has 1 aliphatic heterocycles. The van der Waals surface area contributed by atoms with Gasteiger partial charge in [0.2, 0.25) is 5.91 Å². The molecule has 0 aliphatic carbocycles. The molecule has 114 valence electrons. The first kappa shape index (κ1) is 15.4. The summed E-state index contributed by atoms with van der Waals surface area (Å²) in [7, 11) is 0. The molecule has 0 bridgehead atoms. The van der Waals surface area contributed by atoms with Crippen molar-refractivity contribution in [2.24, 2.45) is 5.92 Å². The molecular formula is C16H23N3O2. The first-order valence-electron chi connectivity index (χ1n) is 7.47. The average molecular weight is 289 g/mol. The van der Waals surface area contributed by atoms with Gasteiger partial charge in [-0.3, -0.25) is 4.79 Å². The lowest BCUT2D eigenvalue weighted by Crippen LogP contribution is -2.45. The van der Waals surface area contributed by atoms with Gasteiger partial charge in [0.15, 0.2) is 0 Å². The van der Waals surface area contributed by atoms with E-state index in [1.807, 2.05) is 44.2 Å². The quantitative estimate of drug-likeness (QED) is 0.898. The van der Waals surface area contributed by atoms with Crippen LogP contribution in [-0.4, -0.2) is 36.0 Å². The topological polar surface area (TPSA) is 61.4 Å². The molecule has 5 heteroatoms. The maximum absolute atomic E-state index is 12.1. The van der Waals surface area contributed by atoms with Crippen LogP contribution in [0.2, 0.25) is 0 Å². The standard InChI is InChI=1S/C16H23N3O2/c1-12(2)17-15(20)13-8-10-19(11-9-13)16(21)18-14-6-4-3-5-7-14/h3-7,12-13H,8-11H2,1-2H3,(H,17,20)(H,18,21). The van der Waals surface area contributed by atoms with Gasteiger partial charge in [-0.1, -0.05) is 18.2 Å². The summed E-state index contributed by atoms with van der Waals surface area (Å²) < 4.78 is 0. The summed E-state index contributed by atoms with van der Waals surface area (Å²) in [5, 5.41) is 5.81. The van der Waals surface area contributed by atoms with E-state index in [0.717, 1.165) is 18.5 Å². The number of rotatable bonds is 3. The fourth-order valence-corrected chi connectivity index (χ4v) is 2.47.